The van der Waals surface area contributed by atoms with Crippen LogP contribution in [0.25, 0.3) is 0 Å². The molecule has 0 aliphatic rings. The molecule has 0 saturated carbocycles. The summed E-state index contributed by atoms with van der Waals surface area (Å²) in [6.07, 6.45) is 2.72. The van der Waals surface area contributed by atoms with Gasteiger partial charge < -0.3 is 5.32 Å². The zero-order valence-corrected chi connectivity index (χ0v) is 12.9. The Morgan fingerprint density at radius 3 is 2.59 bits per heavy atom. The molecule has 1 N–H and O–H groups in total. The van der Waals surface area contributed by atoms with E-state index in [4.69, 9.17) is 11.6 Å². The molecule has 0 unspecified atom stereocenters. The number of pyridine rings is 1. The van der Waals surface area contributed by atoms with Gasteiger partial charge in [-0.05, 0) is 35.8 Å². The van der Waals surface area contributed by atoms with Crippen LogP contribution in [-0.4, -0.2) is 30.9 Å². The smallest absolute Gasteiger partial charge is 0.154 e. The normalized spacial score (nSPS) is 12.5. The molecule has 0 amide bonds. The topological polar surface area (TPSA) is 59.1 Å². The fraction of sp³-hybridized carbons (Fsp3) is 0.500. The summed E-state index contributed by atoms with van der Waals surface area (Å²) in [6.45, 7) is 3.61. The summed E-state index contributed by atoms with van der Waals surface area (Å²) in [4.78, 5) is 4.08. The van der Waals surface area contributed by atoms with Gasteiger partial charge >= 0.3 is 0 Å². The van der Waals surface area contributed by atoms with Gasteiger partial charge in [-0.3, -0.25) is 0 Å². The maximum atomic E-state index is 11.5. The van der Waals surface area contributed by atoms with Crippen molar-refractivity contribution in [2.45, 2.75) is 18.6 Å². The molecule has 17 heavy (non-hydrogen) atoms. The number of anilines is 1. The molecule has 0 aromatic carbocycles. The first kappa shape index (κ1) is 14.7. The van der Waals surface area contributed by atoms with E-state index in [1.165, 1.54) is 12.5 Å². The molecule has 96 valence electrons. The fourth-order valence-electron chi connectivity index (χ4n) is 0.972. The van der Waals surface area contributed by atoms with Gasteiger partial charge in [0.05, 0.1) is 14.2 Å². The highest BCUT2D eigenvalue weighted by molar-refractivity contribution is 9.10. The molecule has 0 saturated heterocycles. The summed E-state index contributed by atoms with van der Waals surface area (Å²) >= 11 is 9.07. The van der Waals surface area contributed by atoms with Gasteiger partial charge in [-0.15, -0.1) is 0 Å². The second-order valence-electron chi connectivity index (χ2n) is 4.37. The molecule has 1 rings (SSSR count). The van der Waals surface area contributed by atoms with E-state index in [2.05, 4.69) is 26.2 Å². The van der Waals surface area contributed by atoms with Crippen molar-refractivity contribution in [3.8, 4) is 0 Å². The molecule has 7 heteroatoms. The van der Waals surface area contributed by atoms with E-state index in [1.807, 2.05) is 0 Å². The standard InChI is InChI=1S/C10H14BrClN2O2S/c1-10(2,17(3,15)16)6-14-9-8(11)4-7(12)5-13-9/h4-5H,6H2,1-3H3,(H,13,14). The van der Waals surface area contributed by atoms with Crippen LogP contribution in [0.5, 0.6) is 0 Å². The van der Waals surface area contributed by atoms with E-state index in [9.17, 15) is 8.42 Å². The van der Waals surface area contributed by atoms with Gasteiger partial charge in [0.1, 0.15) is 5.82 Å². The van der Waals surface area contributed by atoms with Gasteiger partial charge in [-0.1, -0.05) is 11.6 Å². The fourth-order valence-corrected chi connectivity index (χ4v) is 2.09. The Balaban J connectivity index is 2.81. The van der Waals surface area contributed by atoms with Crippen molar-refractivity contribution < 1.29 is 8.42 Å². The van der Waals surface area contributed by atoms with Crippen molar-refractivity contribution in [3.63, 3.8) is 0 Å². The van der Waals surface area contributed by atoms with Crippen LogP contribution in [0, 0.1) is 0 Å². The van der Waals surface area contributed by atoms with Crippen LogP contribution in [0.15, 0.2) is 16.7 Å². The van der Waals surface area contributed by atoms with E-state index < -0.39 is 14.6 Å². The number of aromatic nitrogens is 1. The van der Waals surface area contributed by atoms with E-state index >= 15 is 0 Å². The highest BCUT2D eigenvalue weighted by Crippen LogP contribution is 2.24. The SMILES string of the molecule is CC(C)(CNc1ncc(Cl)cc1Br)S(C)(=O)=O. The zero-order valence-electron chi connectivity index (χ0n) is 9.79. The minimum atomic E-state index is -3.13. The Morgan fingerprint density at radius 1 is 1.53 bits per heavy atom. The zero-order chi connectivity index (χ0) is 13.3. The van der Waals surface area contributed by atoms with Crippen molar-refractivity contribution in [1.82, 2.24) is 4.98 Å². The van der Waals surface area contributed by atoms with Crippen LogP contribution in [0.4, 0.5) is 5.82 Å². The second kappa shape index (κ2) is 5.12. The summed E-state index contributed by atoms with van der Waals surface area (Å²) in [7, 11) is -3.13. The molecule has 1 aromatic heterocycles. The van der Waals surface area contributed by atoms with Gasteiger partial charge in [0.15, 0.2) is 9.84 Å². The van der Waals surface area contributed by atoms with E-state index in [0.29, 0.717) is 15.3 Å². The number of sulfone groups is 1. The number of nitrogens with one attached hydrogen (secondary N) is 1. The minimum absolute atomic E-state index is 0.277. The van der Waals surface area contributed by atoms with Crippen LogP contribution in [-0.2, 0) is 9.84 Å². The molecular weight excluding hydrogens is 328 g/mol. The lowest BCUT2D eigenvalue weighted by Gasteiger charge is -2.23. The van der Waals surface area contributed by atoms with Crippen molar-refractivity contribution in [2.24, 2.45) is 0 Å². The van der Waals surface area contributed by atoms with Crippen LogP contribution < -0.4 is 5.32 Å². The highest BCUT2D eigenvalue weighted by Gasteiger charge is 2.30. The van der Waals surface area contributed by atoms with Gasteiger partial charge in [0.2, 0.25) is 0 Å². The highest BCUT2D eigenvalue weighted by atomic mass is 79.9. The first-order chi connectivity index (χ1) is 7.63. The maximum Gasteiger partial charge on any atom is 0.154 e. The van der Waals surface area contributed by atoms with Gasteiger partial charge in [0.25, 0.3) is 0 Å². The maximum absolute atomic E-state index is 11.5. The Kier molecular flexibility index (Phi) is 4.43. The largest absolute Gasteiger partial charge is 0.368 e. The van der Waals surface area contributed by atoms with Crippen LogP contribution in [0.3, 0.4) is 0 Å². The van der Waals surface area contributed by atoms with Crippen LogP contribution in [0.1, 0.15) is 13.8 Å². The van der Waals surface area contributed by atoms with Gasteiger partial charge in [-0.25, -0.2) is 13.4 Å². The molecule has 1 aromatic rings. The third-order valence-corrected chi connectivity index (χ3v) is 5.46. The summed E-state index contributed by atoms with van der Waals surface area (Å²) in [6, 6.07) is 1.70. The molecule has 0 aliphatic carbocycles. The van der Waals surface area contributed by atoms with Crippen LogP contribution >= 0.6 is 27.5 Å². The monoisotopic (exact) mass is 340 g/mol. The summed E-state index contributed by atoms with van der Waals surface area (Å²) in [5, 5.41) is 3.51. The number of nitrogens with zero attached hydrogens (tertiary/aromatic N) is 1. The van der Waals surface area contributed by atoms with Crippen molar-refractivity contribution >= 4 is 43.2 Å². The predicted octanol–water partition coefficient (Wildman–Crippen LogP) is 2.73. The molecule has 0 spiro atoms. The first-order valence-electron chi connectivity index (χ1n) is 4.88. The quantitative estimate of drug-likeness (QED) is 0.915. The Hall–Kier alpha value is -0.330. The van der Waals surface area contributed by atoms with Crippen molar-refractivity contribution in [3.05, 3.63) is 21.8 Å². The Morgan fingerprint density at radius 2 is 2.12 bits per heavy atom. The average Bonchev–Trinajstić information content (AvgIpc) is 2.14. The number of halogens is 2. The van der Waals surface area contributed by atoms with Crippen LogP contribution in [0.2, 0.25) is 5.02 Å². The Bertz CT molecular complexity index is 517. The first-order valence-corrected chi connectivity index (χ1v) is 7.94. The molecule has 0 bridgehead atoms. The van der Waals surface area contributed by atoms with E-state index in [1.54, 1.807) is 19.9 Å². The summed E-state index contributed by atoms with van der Waals surface area (Å²) < 4.78 is 22.9. The van der Waals surface area contributed by atoms with E-state index in [-0.39, 0.29) is 6.54 Å². The number of rotatable bonds is 4. The average molecular weight is 342 g/mol. The predicted molar refractivity (Wildman–Crippen MR) is 74.4 cm³/mol. The lowest BCUT2D eigenvalue weighted by molar-refractivity contribution is 0.559. The molecular formula is C10H14BrClN2O2S. The number of hydrogen-bond acceptors (Lipinski definition) is 4. The lowest BCUT2D eigenvalue weighted by atomic mass is 10.2. The second-order valence-corrected chi connectivity index (χ2v) is 8.31. The van der Waals surface area contributed by atoms with Gasteiger partial charge in [-0.2, -0.15) is 0 Å². The molecule has 1 heterocycles. The molecule has 0 radical (unpaired) electrons. The third-order valence-electron chi connectivity index (χ3n) is 2.49. The molecule has 0 aliphatic heterocycles. The van der Waals surface area contributed by atoms with E-state index in [0.717, 1.165) is 0 Å². The van der Waals surface area contributed by atoms with Gasteiger partial charge in [0, 0.05) is 19.0 Å². The third kappa shape index (κ3) is 3.82. The lowest BCUT2D eigenvalue weighted by Crippen LogP contribution is -2.38. The minimum Gasteiger partial charge on any atom is -0.368 e. The molecule has 4 nitrogen and oxygen atoms in total. The molecule has 0 fully saturated rings. The Labute approximate surface area is 115 Å². The molecule has 0 atom stereocenters. The number of hydrogen-bond donors (Lipinski definition) is 1. The summed E-state index contributed by atoms with van der Waals surface area (Å²) in [5.41, 5.74) is 0. The van der Waals surface area contributed by atoms with Crippen molar-refractivity contribution in [2.75, 3.05) is 18.1 Å². The summed E-state index contributed by atoms with van der Waals surface area (Å²) in [5.74, 6) is 0.575. The van der Waals surface area contributed by atoms with Crippen molar-refractivity contribution in [1.29, 1.82) is 0 Å².